The molecule has 1 atom stereocenters. The molecule has 0 saturated carbocycles. The first-order valence-electron chi connectivity index (χ1n) is 7.88. The third kappa shape index (κ3) is 4.55. The van der Waals surface area contributed by atoms with Crippen molar-refractivity contribution in [3.63, 3.8) is 0 Å². The van der Waals surface area contributed by atoms with Gasteiger partial charge in [-0.1, -0.05) is 19.1 Å². The van der Waals surface area contributed by atoms with E-state index in [0.717, 1.165) is 24.2 Å². The number of anilines is 1. The fourth-order valence-corrected chi connectivity index (χ4v) is 2.47. The van der Waals surface area contributed by atoms with E-state index in [1.165, 1.54) is 12.1 Å². The molecule has 0 aliphatic heterocycles. The van der Waals surface area contributed by atoms with Gasteiger partial charge in [0.25, 0.3) is 5.91 Å². The van der Waals surface area contributed by atoms with Gasteiger partial charge in [-0.2, -0.15) is 0 Å². The molecular weight excluding hydrogens is 291 g/mol. The van der Waals surface area contributed by atoms with Crippen molar-refractivity contribution in [3.05, 3.63) is 65.5 Å². The molecule has 0 spiro atoms. The van der Waals surface area contributed by atoms with Crippen LogP contribution in [0.1, 0.15) is 42.2 Å². The second kappa shape index (κ2) is 7.77. The van der Waals surface area contributed by atoms with E-state index in [0.29, 0.717) is 5.56 Å². The molecule has 0 saturated heterocycles. The first kappa shape index (κ1) is 17.0. The number of nitrogens with zero attached hydrogens (tertiary/aromatic N) is 1. The van der Waals surface area contributed by atoms with Crippen molar-refractivity contribution in [2.45, 2.75) is 26.3 Å². The molecule has 3 nitrogen and oxygen atoms in total. The fraction of sp³-hybridized carbons (Fsp3) is 0.316. The summed E-state index contributed by atoms with van der Waals surface area (Å²) < 4.78 is 13.3. The van der Waals surface area contributed by atoms with Crippen LogP contribution in [0.15, 0.2) is 48.5 Å². The SMILES string of the molecule is CCCN(C)c1ccc(C(=O)N[C@@H](C)c2cccc(F)c2)cc1. The summed E-state index contributed by atoms with van der Waals surface area (Å²) >= 11 is 0. The number of carbonyl (C=O) groups excluding carboxylic acids is 1. The topological polar surface area (TPSA) is 32.3 Å². The molecule has 0 bridgehead atoms. The Kier molecular flexibility index (Phi) is 5.74. The highest BCUT2D eigenvalue weighted by atomic mass is 19.1. The molecule has 0 aliphatic rings. The summed E-state index contributed by atoms with van der Waals surface area (Å²) in [6.45, 7) is 4.95. The molecule has 0 radical (unpaired) electrons. The fourth-order valence-electron chi connectivity index (χ4n) is 2.47. The number of nitrogens with one attached hydrogen (secondary N) is 1. The summed E-state index contributed by atoms with van der Waals surface area (Å²) in [6, 6.07) is 13.5. The molecule has 0 fully saturated rings. The predicted molar refractivity (Wildman–Crippen MR) is 92.3 cm³/mol. The summed E-state index contributed by atoms with van der Waals surface area (Å²) in [5.41, 5.74) is 2.43. The average Bonchev–Trinajstić information content (AvgIpc) is 2.55. The van der Waals surface area contributed by atoms with E-state index >= 15 is 0 Å². The Balaban J connectivity index is 2.03. The lowest BCUT2D eigenvalue weighted by Gasteiger charge is -2.19. The van der Waals surface area contributed by atoms with Crippen LogP contribution >= 0.6 is 0 Å². The summed E-state index contributed by atoms with van der Waals surface area (Å²) in [5, 5.41) is 2.89. The molecule has 122 valence electrons. The lowest BCUT2D eigenvalue weighted by atomic mass is 10.1. The van der Waals surface area contributed by atoms with Crippen LogP contribution in [0.25, 0.3) is 0 Å². The molecule has 2 aromatic rings. The number of halogens is 1. The molecule has 0 aromatic heterocycles. The molecule has 2 rings (SSSR count). The first-order chi connectivity index (χ1) is 11.0. The summed E-state index contributed by atoms with van der Waals surface area (Å²) in [4.78, 5) is 14.5. The van der Waals surface area contributed by atoms with Gasteiger partial charge in [-0.15, -0.1) is 0 Å². The molecular formula is C19H23FN2O. The summed E-state index contributed by atoms with van der Waals surface area (Å²) in [5.74, 6) is -0.460. The van der Waals surface area contributed by atoms with Gasteiger partial charge >= 0.3 is 0 Å². The smallest absolute Gasteiger partial charge is 0.251 e. The van der Waals surface area contributed by atoms with Crippen molar-refractivity contribution in [3.8, 4) is 0 Å². The molecule has 0 heterocycles. The maximum absolute atomic E-state index is 13.3. The Morgan fingerprint density at radius 2 is 1.91 bits per heavy atom. The van der Waals surface area contributed by atoms with E-state index in [1.807, 2.05) is 38.2 Å². The maximum Gasteiger partial charge on any atom is 0.251 e. The number of hydrogen-bond donors (Lipinski definition) is 1. The molecule has 23 heavy (non-hydrogen) atoms. The third-order valence-corrected chi connectivity index (χ3v) is 3.83. The molecule has 4 heteroatoms. The van der Waals surface area contributed by atoms with Crippen LogP contribution in [-0.4, -0.2) is 19.5 Å². The van der Waals surface area contributed by atoms with Crippen molar-refractivity contribution < 1.29 is 9.18 Å². The standard InChI is InChI=1S/C19H23FN2O/c1-4-12-22(3)18-10-8-15(9-11-18)19(23)21-14(2)16-6-5-7-17(20)13-16/h5-11,13-14H,4,12H2,1-3H3,(H,21,23)/t14-/m0/s1. The quantitative estimate of drug-likeness (QED) is 0.868. The van der Waals surface area contributed by atoms with E-state index in [4.69, 9.17) is 0 Å². The zero-order valence-corrected chi connectivity index (χ0v) is 13.8. The van der Waals surface area contributed by atoms with Gasteiger partial charge in [0.2, 0.25) is 0 Å². The van der Waals surface area contributed by atoms with Crippen molar-refractivity contribution in [2.24, 2.45) is 0 Å². The summed E-state index contributed by atoms with van der Waals surface area (Å²) in [6.07, 6.45) is 1.07. The Hall–Kier alpha value is -2.36. The lowest BCUT2D eigenvalue weighted by Crippen LogP contribution is -2.26. The zero-order valence-electron chi connectivity index (χ0n) is 13.8. The highest BCUT2D eigenvalue weighted by Crippen LogP contribution is 2.17. The van der Waals surface area contributed by atoms with Crippen LogP contribution in [0, 0.1) is 5.82 Å². The van der Waals surface area contributed by atoms with E-state index in [1.54, 1.807) is 12.1 Å². The van der Waals surface area contributed by atoms with Gasteiger partial charge in [0.1, 0.15) is 5.82 Å². The molecule has 0 unspecified atom stereocenters. The van der Waals surface area contributed by atoms with Gasteiger partial charge in [-0.3, -0.25) is 4.79 Å². The van der Waals surface area contributed by atoms with Gasteiger partial charge in [0.15, 0.2) is 0 Å². The van der Waals surface area contributed by atoms with Gasteiger partial charge < -0.3 is 10.2 Å². The maximum atomic E-state index is 13.3. The monoisotopic (exact) mass is 314 g/mol. The average molecular weight is 314 g/mol. The van der Waals surface area contributed by atoms with E-state index in [2.05, 4.69) is 17.1 Å². The minimum absolute atomic E-state index is 0.161. The molecule has 1 N–H and O–H groups in total. The first-order valence-corrected chi connectivity index (χ1v) is 7.88. The summed E-state index contributed by atoms with van der Waals surface area (Å²) in [7, 11) is 2.03. The molecule has 1 amide bonds. The predicted octanol–water partition coefficient (Wildman–Crippen LogP) is 4.16. The van der Waals surface area contributed by atoms with E-state index < -0.39 is 0 Å². The minimum atomic E-state index is -0.299. The second-order valence-corrected chi connectivity index (χ2v) is 5.72. The number of benzene rings is 2. The number of hydrogen-bond acceptors (Lipinski definition) is 2. The highest BCUT2D eigenvalue weighted by Gasteiger charge is 2.12. The largest absolute Gasteiger partial charge is 0.375 e. The Labute approximate surface area is 137 Å². The second-order valence-electron chi connectivity index (χ2n) is 5.72. The highest BCUT2D eigenvalue weighted by molar-refractivity contribution is 5.94. The minimum Gasteiger partial charge on any atom is -0.375 e. The van der Waals surface area contributed by atoms with Crippen LogP contribution in [-0.2, 0) is 0 Å². The van der Waals surface area contributed by atoms with Crippen LogP contribution in [0.2, 0.25) is 0 Å². The van der Waals surface area contributed by atoms with Crippen LogP contribution in [0.5, 0.6) is 0 Å². The number of carbonyl (C=O) groups is 1. The van der Waals surface area contributed by atoms with Gasteiger partial charge in [0, 0.05) is 24.8 Å². The van der Waals surface area contributed by atoms with Gasteiger partial charge in [-0.05, 0) is 55.3 Å². The van der Waals surface area contributed by atoms with Crippen LogP contribution in [0.3, 0.4) is 0 Å². The van der Waals surface area contributed by atoms with Crippen molar-refractivity contribution in [2.75, 3.05) is 18.5 Å². The lowest BCUT2D eigenvalue weighted by molar-refractivity contribution is 0.0940. The number of amides is 1. The van der Waals surface area contributed by atoms with Gasteiger partial charge in [0.05, 0.1) is 6.04 Å². The van der Waals surface area contributed by atoms with Crippen molar-refractivity contribution in [1.82, 2.24) is 5.32 Å². The Morgan fingerprint density at radius 1 is 1.22 bits per heavy atom. The van der Waals surface area contributed by atoms with Gasteiger partial charge in [-0.25, -0.2) is 4.39 Å². The Bertz CT molecular complexity index is 655. The van der Waals surface area contributed by atoms with E-state index in [-0.39, 0.29) is 17.8 Å². The molecule has 0 aliphatic carbocycles. The van der Waals surface area contributed by atoms with Crippen molar-refractivity contribution >= 4 is 11.6 Å². The Morgan fingerprint density at radius 3 is 2.52 bits per heavy atom. The third-order valence-electron chi connectivity index (χ3n) is 3.83. The molecule has 2 aromatic carbocycles. The normalized spacial score (nSPS) is 11.8. The van der Waals surface area contributed by atoms with E-state index in [9.17, 15) is 9.18 Å². The van der Waals surface area contributed by atoms with Crippen LogP contribution < -0.4 is 10.2 Å². The van der Waals surface area contributed by atoms with Crippen molar-refractivity contribution in [1.29, 1.82) is 0 Å². The number of rotatable bonds is 6. The van der Waals surface area contributed by atoms with Crippen LogP contribution in [0.4, 0.5) is 10.1 Å². The zero-order chi connectivity index (χ0) is 16.8.